The summed E-state index contributed by atoms with van der Waals surface area (Å²) < 4.78 is 0. The van der Waals surface area contributed by atoms with Crippen LogP contribution in [0.1, 0.15) is 19.7 Å². The molecule has 0 amide bonds. The van der Waals surface area contributed by atoms with Crippen LogP contribution in [0.4, 0.5) is 5.82 Å². The van der Waals surface area contributed by atoms with E-state index in [1.807, 2.05) is 0 Å². The zero-order valence-corrected chi connectivity index (χ0v) is 9.23. The van der Waals surface area contributed by atoms with Crippen LogP contribution in [0.2, 0.25) is 0 Å². The summed E-state index contributed by atoms with van der Waals surface area (Å²) in [6.45, 7) is 4.31. The molecule has 0 bridgehead atoms. The Morgan fingerprint density at radius 1 is 1.64 bits per heavy atom. The van der Waals surface area contributed by atoms with Gasteiger partial charge in [0.25, 0.3) is 5.56 Å². The van der Waals surface area contributed by atoms with Gasteiger partial charge in [-0.15, -0.1) is 0 Å². The van der Waals surface area contributed by atoms with E-state index in [0.29, 0.717) is 17.5 Å². The van der Waals surface area contributed by atoms with E-state index in [9.17, 15) is 4.79 Å². The maximum Gasteiger partial charge on any atom is 0.252 e. The molecule has 0 saturated carbocycles. The minimum absolute atomic E-state index is 0.183. The van der Waals surface area contributed by atoms with Crippen LogP contribution in [0.5, 0.6) is 0 Å². The molecule has 78 valence electrons. The zero-order chi connectivity index (χ0) is 10.6. The second-order valence-corrected chi connectivity index (χ2v) is 4.56. The lowest BCUT2D eigenvalue weighted by molar-refractivity contribution is 0.749. The first-order valence-corrected chi connectivity index (χ1v) is 5.67. The Morgan fingerprint density at radius 2 is 2.36 bits per heavy atom. The van der Waals surface area contributed by atoms with Crippen molar-refractivity contribution in [2.45, 2.75) is 19.6 Å². The number of anilines is 1. The lowest BCUT2D eigenvalue weighted by atomic mass is 10.3. The van der Waals surface area contributed by atoms with Crippen LogP contribution in [0.15, 0.2) is 10.9 Å². The fourth-order valence-electron chi connectivity index (χ4n) is 0.988. The van der Waals surface area contributed by atoms with Crippen LogP contribution >= 0.6 is 11.8 Å². The first-order chi connectivity index (χ1) is 6.58. The van der Waals surface area contributed by atoms with Gasteiger partial charge in [0, 0.05) is 6.07 Å². The van der Waals surface area contributed by atoms with Gasteiger partial charge in [0.1, 0.15) is 11.6 Å². The first kappa shape index (κ1) is 11.1. The number of nitrogens with zero attached hydrogens (tertiary/aromatic N) is 1. The predicted octanol–water partition coefficient (Wildman–Crippen LogP) is 1.24. The van der Waals surface area contributed by atoms with Crippen LogP contribution < -0.4 is 11.3 Å². The van der Waals surface area contributed by atoms with E-state index in [1.165, 1.54) is 6.07 Å². The smallest absolute Gasteiger partial charge is 0.252 e. The summed E-state index contributed by atoms with van der Waals surface area (Å²) in [5, 5.41) is 0. The van der Waals surface area contributed by atoms with Crippen molar-refractivity contribution < 1.29 is 0 Å². The molecular formula is C9H15N3OS. The Kier molecular flexibility index (Phi) is 4.00. The third-order valence-electron chi connectivity index (χ3n) is 1.50. The molecule has 3 N–H and O–H groups in total. The third kappa shape index (κ3) is 3.83. The molecule has 0 aliphatic carbocycles. The van der Waals surface area contributed by atoms with Crippen LogP contribution in [-0.4, -0.2) is 15.7 Å². The average Bonchev–Trinajstić information content (AvgIpc) is 2.01. The normalized spacial score (nSPS) is 10.8. The Morgan fingerprint density at radius 3 is 2.93 bits per heavy atom. The highest BCUT2D eigenvalue weighted by atomic mass is 32.2. The lowest BCUT2D eigenvalue weighted by Crippen LogP contribution is -2.11. The summed E-state index contributed by atoms with van der Waals surface area (Å²) in [5.41, 5.74) is 5.27. The lowest BCUT2D eigenvalue weighted by Gasteiger charge is -2.04. The zero-order valence-electron chi connectivity index (χ0n) is 8.41. The van der Waals surface area contributed by atoms with Crippen LogP contribution in [0.25, 0.3) is 0 Å². The Labute approximate surface area is 87.3 Å². The summed E-state index contributed by atoms with van der Waals surface area (Å²) in [6, 6.07) is 1.29. The van der Waals surface area contributed by atoms with E-state index < -0.39 is 0 Å². The summed E-state index contributed by atoms with van der Waals surface area (Å²) in [7, 11) is 0. The van der Waals surface area contributed by atoms with E-state index >= 15 is 0 Å². The molecule has 0 fully saturated rings. The van der Waals surface area contributed by atoms with Gasteiger partial charge in [-0.2, -0.15) is 11.8 Å². The second kappa shape index (κ2) is 5.05. The summed E-state index contributed by atoms with van der Waals surface area (Å²) >= 11 is 1.74. The van der Waals surface area contributed by atoms with Crippen molar-refractivity contribution >= 4 is 17.6 Å². The molecule has 1 aromatic heterocycles. The van der Waals surface area contributed by atoms with Crippen molar-refractivity contribution in [2.24, 2.45) is 5.92 Å². The number of aromatic amines is 1. The van der Waals surface area contributed by atoms with Crippen molar-refractivity contribution in [1.29, 1.82) is 0 Å². The summed E-state index contributed by atoms with van der Waals surface area (Å²) in [4.78, 5) is 17.7. The molecule has 1 rings (SSSR count). The van der Waals surface area contributed by atoms with Crippen molar-refractivity contribution in [3.63, 3.8) is 0 Å². The first-order valence-electron chi connectivity index (χ1n) is 4.51. The number of aromatic nitrogens is 2. The molecule has 0 aromatic carbocycles. The molecule has 0 spiro atoms. The number of rotatable bonds is 4. The van der Waals surface area contributed by atoms with Crippen LogP contribution in [0, 0.1) is 5.92 Å². The molecule has 0 saturated heterocycles. The van der Waals surface area contributed by atoms with E-state index in [0.717, 1.165) is 5.75 Å². The average molecular weight is 213 g/mol. The van der Waals surface area contributed by atoms with Gasteiger partial charge in [0.05, 0.1) is 5.75 Å². The largest absolute Gasteiger partial charge is 0.383 e. The molecule has 0 aliphatic rings. The van der Waals surface area contributed by atoms with Crippen molar-refractivity contribution in [2.75, 3.05) is 11.5 Å². The van der Waals surface area contributed by atoms with Gasteiger partial charge in [-0.1, -0.05) is 13.8 Å². The summed E-state index contributed by atoms with van der Waals surface area (Å²) in [5.74, 6) is 3.35. The number of hydrogen-bond acceptors (Lipinski definition) is 4. The monoisotopic (exact) mass is 213 g/mol. The predicted molar refractivity (Wildman–Crippen MR) is 60.3 cm³/mol. The molecule has 14 heavy (non-hydrogen) atoms. The number of hydrogen-bond donors (Lipinski definition) is 2. The molecular weight excluding hydrogens is 198 g/mol. The van der Waals surface area contributed by atoms with Crippen LogP contribution in [0.3, 0.4) is 0 Å². The second-order valence-electron chi connectivity index (χ2n) is 3.53. The summed E-state index contributed by atoms with van der Waals surface area (Å²) in [6.07, 6.45) is 0. The molecule has 1 aromatic rings. The molecule has 0 unspecified atom stereocenters. The van der Waals surface area contributed by atoms with Crippen LogP contribution in [-0.2, 0) is 5.75 Å². The number of nitrogens with one attached hydrogen (secondary N) is 1. The van der Waals surface area contributed by atoms with Gasteiger partial charge in [-0.25, -0.2) is 4.98 Å². The van der Waals surface area contributed by atoms with E-state index in [-0.39, 0.29) is 11.4 Å². The van der Waals surface area contributed by atoms with Gasteiger partial charge in [-0.05, 0) is 11.7 Å². The van der Waals surface area contributed by atoms with E-state index in [2.05, 4.69) is 23.8 Å². The van der Waals surface area contributed by atoms with Crippen molar-refractivity contribution in [3.8, 4) is 0 Å². The molecule has 0 radical (unpaired) electrons. The molecule has 0 atom stereocenters. The maximum absolute atomic E-state index is 11.0. The maximum atomic E-state index is 11.0. The Balaban J connectivity index is 2.55. The standard InChI is InChI=1S/C9H15N3OS/c1-6(2)4-14-5-8-11-7(10)3-9(13)12-8/h3,6H,4-5H2,1-2H3,(H3,10,11,12,13). The number of nitrogen functional groups attached to an aromatic ring is 1. The highest BCUT2D eigenvalue weighted by Gasteiger charge is 2.00. The van der Waals surface area contributed by atoms with E-state index in [4.69, 9.17) is 5.73 Å². The van der Waals surface area contributed by atoms with Gasteiger partial charge in [-0.3, -0.25) is 4.79 Å². The molecule has 5 heteroatoms. The SMILES string of the molecule is CC(C)CSCc1nc(N)cc(=O)[nH]1. The number of thioether (sulfide) groups is 1. The van der Waals surface area contributed by atoms with Crippen molar-refractivity contribution in [3.05, 3.63) is 22.2 Å². The fourth-order valence-corrected chi connectivity index (χ4v) is 1.91. The highest BCUT2D eigenvalue weighted by molar-refractivity contribution is 7.98. The van der Waals surface area contributed by atoms with Gasteiger partial charge < -0.3 is 10.7 Å². The fraction of sp³-hybridized carbons (Fsp3) is 0.556. The topological polar surface area (TPSA) is 71.8 Å². The number of nitrogens with two attached hydrogens (primary N) is 1. The quantitative estimate of drug-likeness (QED) is 0.789. The van der Waals surface area contributed by atoms with Gasteiger partial charge in [0.2, 0.25) is 0 Å². The van der Waals surface area contributed by atoms with Crippen molar-refractivity contribution in [1.82, 2.24) is 9.97 Å². The molecule has 1 heterocycles. The van der Waals surface area contributed by atoms with E-state index in [1.54, 1.807) is 11.8 Å². The van der Waals surface area contributed by atoms with Gasteiger partial charge in [0.15, 0.2) is 0 Å². The number of H-pyrrole nitrogens is 1. The minimum atomic E-state index is -0.183. The highest BCUT2D eigenvalue weighted by Crippen LogP contribution is 2.11. The Hall–Kier alpha value is -0.970. The minimum Gasteiger partial charge on any atom is -0.383 e. The molecule has 4 nitrogen and oxygen atoms in total. The molecule has 0 aliphatic heterocycles. The Bertz CT molecular complexity index is 348. The third-order valence-corrected chi connectivity index (χ3v) is 2.88. The van der Waals surface area contributed by atoms with Gasteiger partial charge >= 0.3 is 0 Å².